The predicted octanol–water partition coefficient (Wildman–Crippen LogP) is 3.62. The molecule has 0 aliphatic rings. The number of aliphatic hydroxyl groups is 1. The van der Waals surface area contributed by atoms with Crippen molar-refractivity contribution in [1.29, 1.82) is 0 Å². The smallest absolute Gasteiger partial charge is 0.340 e. The number of alkyl halides is 4. The second-order valence-electron chi connectivity index (χ2n) is 8.39. The molecule has 3 aromatic rings. The summed E-state index contributed by atoms with van der Waals surface area (Å²) >= 11 is 0. The van der Waals surface area contributed by atoms with Crippen LogP contribution in [0.25, 0.3) is 5.69 Å². The third-order valence-electron chi connectivity index (χ3n) is 5.67. The molecule has 208 valence electrons. The van der Waals surface area contributed by atoms with Gasteiger partial charge in [0.15, 0.2) is 6.61 Å². The molecule has 0 saturated carbocycles. The van der Waals surface area contributed by atoms with Crippen LogP contribution in [0.1, 0.15) is 18.5 Å². The second kappa shape index (κ2) is 10.8. The molecule has 1 aromatic heterocycles. The fraction of sp³-hybridized carbons (Fsp3) is 0.348. The monoisotopic (exact) mass is 568 g/mol. The van der Waals surface area contributed by atoms with Crippen molar-refractivity contribution < 1.29 is 48.8 Å². The zero-order chi connectivity index (χ0) is 28.5. The van der Waals surface area contributed by atoms with Gasteiger partial charge in [0.1, 0.15) is 29.6 Å². The highest BCUT2D eigenvalue weighted by atomic mass is 32.2. The van der Waals surface area contributed by atoms with Crippen molar-refractivity contribution in [3.63, 3.8) is 0 Å². The summed E-state index contributed by atoms with van der Waals surface area (Å²) < 4.78 is 113. The molecule has 0 spiro atoms. The molecule has 0 bridgehead atoms. The van der Waals surface area contributed by atoms with Crippen LogP contribution in [0.3, 0.4) is 0 Å². The van der Waals surface area contributed by atoms with Gasteiger partial charge in [-0.3, -0.25) is 13.3 Å². The van der Waals surface area contributed by atoms with Gasteiger partial charge < -0.3 is 9.84 Å². The minimum atomic E-state index is -4.36. The normalized spacial score (nSPS) is 14.9. The van der Waals surface area contributed by atoms with Crippen molar-refractivity contribution >= 4 is 10.1 Å². The lowest BCUT2D eigenvalue weighted by molar-refractivity contribution is -0.148. The van der Waals surface area contributed by atoms with E-state index in [4.69, 9.17) is 4.18 Å². The quantitative estimate of drug-likeness (QED) is 0.280. The molecule has 1 N–H and O–H groups in total. The molecule has 0 fully saturated rings. The maximum absolute atomic E-state index is 14.6. The van der Waals surface area contributed by atoms with E-state index in [0.29, 0.717) is 12.3 Å². The summed E-state index contributed by atoms with van der Waals surface area (Å²) in [4.78, 5) is 13.1. The van der Waals surface area contributed by atoms with Gasteiger partial charge in [-0.1, -0.05) is 6.07 Å². The molecule has 2 aromatic carbocycles. The van der Waals surface area contributed by atoms with Crippen molar-refractivity contribution in [1.82, 2.24) is 9.13 Å². The van der Waals surface area contributed by atoms with Gasteiger partial charge in [-0.15, -0.1) is 0 Å². The zero-order valence-corrected chi connectivity index (χ0v) is 20.6. The molecule has 0 saturated heterocycles. The molecule has 0 radical (unpaired) electrons. The highest BCUT2D eigenvalue weighted by molar-refractivity contribution is 7.85. The maximum Gasteiger partial charge on any atom is 0.340 e. The van der Waals surface area contributed by atoms with Crippen molar-refractivity contribution in [3.8, 4) is 11.4 Å². The number of aromatic nitrogens is 2. The van der Waals surface area contributed by atoms with E-state index in [2.05, 4.69) is 4.74 Å². The molecule has 3 rings (SSSR count). The van der Waals surface area contributed by atoms with Gasteiger partial charge in [-0.05, 0) is 37.3 Å². The Kier molecular flexibility index (Phi) is 8.33. The van der Waals surface area contributed by atoms with Crippen molar-refractivity contribution in [3.05, 3.63) is 82.5 Å². The van der Waals surface area contributed by atoms with Crippen molar-refractivity contribution in [2.45, 2.75) is 30.9 Å². The van der Waals surface area contributed by atoms with Gasteiger partial charge in [0, 0.05) is 24.0 Å². The van der Waals surface area contributed by atoms with Crippen molar-refractivity contribution in [2.24, 2.45) is 0 Å². The Morgan fingerprint density at radius 2 is 1.66 bits per heavy atom. The zero-order valence-electron chi connectivity index (χ0n) is 19.8. The Hall–Kier alpha value is -3.30. The minimum Gasteiger partial charge on any atom is -0.487 e. The van der Waals surface area contributed by atoms with Gasteiger partial charge in [-0.2, -0.15) is 17.2 Å². The topological polar surface area (TPSA) is 99.8 Å². The molecule has 0 amide bonds. The summed E-state index contributed by atoms with van der Waals surface area (Å²) in [6.07, 6.45) is -0.762. The molecule has 15 heteroatoms. The average Bonchev–Trinajstić information content (AvgIpc) is 3.21. The van der Waals surface area contributed by atoms with Gasteiger partial charge in [0.25, 0.3) is 10.1 Å². The highest BCUT2D eigenvalue weighted by Gasteiger charge is 2.42. The summed E-state index contributed by atoms with van der Waals surface area (Å²) in [6.45, 7) is -1.30. The van der Waals surface area contributed by atoms with E-state index < -0.39 is 70.2 Å². The maximum atomic E-state index is 14.6. The SMILES string of the molecule is C[C@@H](n1ccn(-c2ccc(OCC(F)(F)C(F)F)cc2)c1=O)[C@](O)(COS(C)(=O)=O)c1ccc(F)cc1F. The molecular weight excluding hydrogens is 546 g/mol. The first-order valence-corrected chi connectivity index (χ1v) is 12.6. The number of ether oxygens (including phenoxy) is 1. The largest absolute Gasteiger partial charge is 0.487 e. The fourth-order valence-corrected chi connectivity index (χ4v) is 3.91. The third kappa shape index (κ3) is 6.39. The van der Waals surface area contributed by atoms with Crippen LogP contribution in [-0.2, 0) is 19.9 Å². The van der Waals surface area contributed by atoms with Crippen LogP contribution < -0.4 is 10.4 Å². The lowest BCUT2D eigenvalue weighted by Gasteiger charge is -2.34. The van der Waals surface area contributed by atoms with E-state index in [-0.39, 0.29) is 11.4 Å². The second-order valence-corrected chi connectivity index (χ2v) is 10.0. The van der Waals surface area contributed by atoms with Gasteiger partial charge in [0.2, 0.25) is 0 Å². The summed E-state index contributed by atoms with van der Waals surface area (Å²) in [5.41, 5.74) is -3.62. The highest BCUT2D eigenvalue weighted by Crippen LogP contribution is 2.35. The number of benzene rings is 2. The number of hydrogen-bond donors (Lipinski definition) is 1. The van der Waals surface area contributed by atoms with Crippen LogP contribution in [0.4, 0.5) is 26.3 Å². The number of hydrogen-bond acceptors (Lipinski definition) is 6. The van der Waals surface area contributed by atoms with Crippen molar-refractivity contribution in [2.75, 3.05) is 19.5 Å². The Morgan fingerprint density at radius 3 is 2.21 bits per heavy atom. The number of nitrogens with zero attached hydrogens (tertiary/aromatic N) is 2. The molecule has 1 heterocycles. The van der Waals surface area contributed by atoms with Crippen LogP contribution >= 0.6 is 0 Å². The van der Waals surface area contributed by atoms with Crippen LogP contribution in [0.5, 0.6) is 5.75 Å². The summed E-state index contributed by atoms with van der Waals surface area (Å²) in [6, 6.07) is 5.70. The molecule has 8 nitrogen and oxygen atoms in total. The third-order valence-corrected chi connectivity index (χ3v) is 6.21. The lowest BCUT2D eigenvalue weighted by atomic mass is 9.87. The minimum absolute atomic E-state index is 0.172. The van der Waals surface area contributed by atoms with E-state index in [0.717, 1.165) is 33.4 Å². The predicted molar refractivity (Wildman–Crippen MR) is 122 cm³/mol. The Balaban J connectivity index is 1.93. The van der Waals surface area contributed by atoms with Crippen LogP contribution in [-0.4, -0.2) is 54.5 Å². The van der Waals surface area contributed by atoms with Crippen LogP contribution in [0.15, 0.2) is 59.7 Å². The fourth-order valence-electron chi connectivity index (χ4n) is 3.52. The number of halogens is 6. The van der Waals surface area contributed by atoms with Crippen LogP contribution in [0, 0.1) is 11.6 Å². The van der Waals surface area contributed by atoms with E-state index in [9.17, 15) is 44.7 Å². The van der Waals surface area contributed by atoms with E-state index in [1.165, 1.54) is 31.5 Å². The first kappa shape index (κ1) is 29.3. The van der Waals surface area contributed by atoms with Gasteiger partial charge in [-0.25, -0.2) is 22.4 Å². The Labute approximate surface area is 212 Å². The summed E-state index contributed by atoms with van der Waals surface area (Å²) in [5, 5.41) is 11.4. The first-order chi connectivity index (χ1) is 17.5. The average molecular weight is 568 g/mol. The molecule has 0 aliphatic carbocycles. The Bertz CT molecular complexity index is 1440. The standard InChI is InChI=1S/C23H22F6N2O6S/c1-14(22(33,12-37-38(2,34)35)18-8-3-15(24)11-19(18)25)30-9-10-31(21(30)32)16-4-6-17(7-5-16)36-13-23(28,29)20(26)27/h3-11,14,20,33H,12-13H2,1-2H3/t14-,22-/m1/s1. The van der Waals surface area contributed by atoms with Gasteiger partial charge >= 0.3 is 18.0 Å². The lowest BCUT2D eigenvalue weighted by Crippen LogP contribution is -2.44. The first-order valence-electron chi connectivity index (χ1n) is 10.8. The van der Waals surface area contributed by atoms with Crippen LogP contribution in [0.2, 0.25) is 0 Å². The Morgan fingerprint density at radius 1 is 1.03 bits per heavy atom. The molecule has 2 atom stereocenters. The van der Waals surface area contributed by atoms with E-state index in [1.807, 2.05) is 0 Å². The molecule has 38 heavy (non-hydrogen) atoms. The number of rotatable bonds is 11. The summed E-state index contributed by atoms with van der Waals surface area (Å²) in [7, 11) is -4.12. The number of imidazole rings is 1. The molecule has 0 unspecified atom stereocenters. The summed E-state index contributed by atoms with van der Waals surface area (Å²) in [5.74, 6) is -6.70. The van der Waals surface area contributed by atoms with E-state index in [1.54, 1.807) is 0 Å². The molecular formula is C23H22F6N2O6S. The van der Waals surface area contributed by atoms with Gasteiger partial charge in [0.05, 0.1) is 18.0 Å². The van der Waals surface area contributed by atoms with E-state index >= 15 is 0 Å². The molecule has 0 aliphatic heterocycles.